The minimum Gasteiger partial charge on any atom is -0.451 e. The van der Waals surface area contributed by atoms with Gasteiger partial charge in [-0.05, 0) is 31.2 Å². The number of furan rings is 1. The molecule has 0 aliphatic rings. The number of nitrogens with one attached hydrogen (secondary N) is 1. The average molecular weight is 414 g/mol. The first-order valence-corrected chi connectivity index (χ1v) is 9.53. The Hall–Kier alpha value is -3.10. The number of halogens is 2. The Labute approximate surface area is 168 Å². The number of nitrogens with zero attached hydrogens (tertiary/aromatic N) is 1. The first kappa shape index (κ1) is 19.2. The van der Waals surface area contributed by atoms with E-state index in [0.717, 1.165) is 22.4 Å². The molecule has 0 bridgehead atoms. The average Bonchev–Trinajstić information content (AvgIpc) is 3.25. The second kappa shape index (κ2) is 7.73. The number of rotatable bonds is 5. The van der Waals surface area contributed by atoms with Gasteiger partial charge in [0.25, 0.3) is 5.91 Å². The minimum absolute atomic E-state index is 0.148. The van der Waals surface area contributed by atoms with Gasteiger partial charge in [-0.2, -0.15) is 0 Å². The van der Waals surface area contributed by atoms with E-state index in [1.807, 2.05) is 18.2 Å². The van der Waals surface area contributed by atoms with E-state index in [-0.39, 0.29) is 12.4 Å². The van der Waals surface area contributed by atoms with Crippen molar-refractivity contribution in [2.45, 2.75) is 13.5 Å². The fourth-order valence-electron chi connectivity index (χ4n) is 3.08. The standard InChI is InChI=1S/C21H16F2N2O3S/c1-11-18(12-7-8-15(22)16(23)9-12)24-21(29-11)25-20(26)19-14(10-27-2)13-5-3-4-6-17(13)28-19/h3-9H,10H2,1-2H3,(H,24,25,26). The van der Waals surface area contributed by atoms with Crippen molar-refractivity contribution in [3.63, 3.8) is 0 Å². The third-order valence-corrected chi connectivity index (χ3v) is 5.29. The molecule has 2 aromatic carbocycles. The van der Waals surface area contributed by atoms with Crippen LogP contribution in [0.3, 0.4) is 0 Å². The monoisotopic (exact) mass is 414 g/mol. The van der Waals surface area contributed by atoms with Crippen LogP contribution in [-0.4, -0.2) is 18.0 Å². The molecule has 0 aliphatic carbocycles. The fraction of sp³-hybridized carbons (Fsp3) is 0.143. The number of benzene rings is 2. The van der Waals surface area contributed by atoms with Crippen molar-refractivity contribution in [3.8, 4) is 11.3 Å². The number of amides is 1. The molecule has 0 radical (unpaired) electrons. The van der Waals surface area contributed by atoms with E-state index < -0.39 is 17.5 Å². The van der Waals surface area contributed by atoms with Gasteiger partial charge in [-0.25, -0.2) is 13.8 Å². The SMILES string of the molecule is COCc1c(C(=O)Nc2nc(-c3ccc(F)c(F)c3)c(C)s2)oc2ccccc12. The van der Waals surface area contributed by atoms with E-state index >= 15 is 0 Å². The van der Waals surface area contributed by atoms with Crippen LogP contribution in [0.15, 0.2) is 46.9 Å². The second-order valence-corrected chi connectivity index (χ2v) is 7.55. The Morgan fingerprint density at radius 1 is 1.21 bits per heavy atom. The quantitative estimate of drug-likeness (QED) is 0.466. The fourth-order valence-corrected chi connectivity index (χ4v) is 3.92. The second-order valence-electron chi connectivity index (χ2n) is 6.35. The summed E-state index contributed by atoms with van der Waals surface area (Å²) in [5.41, 5.74) is 2.14. The molecule has 1 N–H and O–H groups in total. The first-order chi connectivity index (χ1) is 14.0. The normalized spacial score (nSPS) is 11.2. The molecular formula is C21H16F2N2O3S. The number of aryl methyl sites for hydroxylation is 1. The van der Waals surface area contributed by atoms with Gasteiger partial charge in [0.2, 0.25) is 0 Å². The summed E-state index contributed by atoms with van der Waals surface area (Å²) in [5, 5.41) is 3.86. The van der Waals surface area contributed by atoms with Crippen LogP contribution in [0.25, 0.3) is 22.2 Å². The van der Waals surface area contributed by atoms with Gasteiger partial charge >= 0.3 is 0 Å². The highest BCUT2D eigenvalue weighted by molar-refractivity contribution is 7.16. The van der Waals surface area contributed by atoms with Gasteiger partial charge in [0, 0.05) is 28.5 Å². The van der Waals surface area contributed by atoms with Crippen LogP contribution in [0.1, 0.15) is 21.0 Å². The number of carbonyl (C=O) groups excluding carboxylic acids is 1. The molecule has 0 unspecified atom stereocenters. The van der Waals surface area contributed by atoms with Crippen molar-refractivity contribution in [1.29, 1.82) is 0 Å². The molecule has 0 saturated heterocycles. The molecule has 0 spiro atoms. The third-order valence-electron chi connectivity index (χ3n) is 4.40. The molecule has 4 aromatic rings. The summed E-state index contributed by atoms with van der Waals surface area (Å²) in [5.74, 6) is -2.19. The van der Waals surface area contributed by atoms with Crippen molar-refractivity contribution < 1.29 is 22.7 Å². The van der Waals surface area contributed by atoms with Crippen LogP contribution in [0.5, 0.6) is 0 Å². The zero-order chi connectivity index (χ0) is 20.5. The van der Waals surface area contributed by atoms with Crippen LogP contribution in [0.2, 0.25) is 0 Å². The topological polar surface area (TPSA) is 64.4 Å². The van der Waals surface area contributed by atoms with E-state index in [0.29, 0.717) is 27.5 Å². The Balaban J connectivity index is 1.65. The number of thiazole rings is 1. The van der Waals surface area contributed by atoms with Gasteiger partial charge in [0.1, 0.15) is 5.58 Å². The van der Waals surface area contributed by atoms with Crippen molar-refractivity contribution in [1.82, 2.24) is 4.98 Å². The molecular weight excluding hydrogens is 398 g/mol. The Morgan fingerprint density at radius 3 is 2.76 bits per heavy atom. The smallest absolute Gasteiger partial charge is 0.293 e. The molecule has 0 saturated carbocycles. The van der Waals surface area contributed by atoms with Crippen molar-refractivity contribution in [2.24, 2.45) is 0 Å². The number of fused-ring (bicyclic) bond motifs is 1. The third kappa shape index (κ3) is 3.64. The Morgan fingerprint density at radius 2 is 2.00 bits per heavy atom. The maximum Gasteiger partial charge on any atom is 0.293 e. The Kier molecular flexibility index (Phi) is 5.12. The number of methoxy groups -OCH3 is 1. The molecule has 0 fully saturated rings. The summed E-state index contributed by atoms with van der Waals surface area (Å²) in [7, 11) is 1.54. The van der Waals surface area contributed by atoms with E-state index in [9.17, 15) is 13.6 Å². The molecule has 0 aliphatic heterocycles. The van der Waals surface area contributed by atoms with E-state index in [1.54, 1.807) is 20.1 Å². The van der Waals surface area contributed by atoms with E-state index in [2.05, 4.69) is 10.3 Å². The molecule has 2 aromatic heterocycles. The molecule has 29 heavy (non-hydrogen) atoms. The van der Waals surface area contributed by atoms with Crippen LogP contribution >= 0.6 is 11.3 Å². The number of hydrogen-bond acceptors (Lipinski definition) is 5. The summed E-state index contributed by atoms with van der Waals surface area (Å²) < 4.78 is 37.7. The lowest BCUT2D eigenvalue weighted by Crippen LogP contribution is -2.13. The first-order valence-electron chi connectivity index (χ1n) is 8.71. The minimum atomic E-state index is -0.952. The lowest BCUT2D eigenvalue weighted by Gasteiger charge is -2.02. The number of ether oxygens (including phenoxy) is 1. The predicted octanol–water partition coefficient (Wildman–Crippen LogP) is 5.54. The summed E-state index contributed by atoms with van der Waals surface area (Å²) in [6, 6.07) is 10.9. The van der Waals surface area contributed by atoms with Gasteiger partial charge in [-0.1, -0.05) is 18.2 Å². The molecule has 148 valence electrons. The van der Waals surface area contributed by atoms with Gasteiger partial charge in [-0.15, -0.1) is 11.3 Å². The maximum atomic E-state index is 13.6. The van der Waals surface area contributed by atoms with Gasteiger partial charge in [-0.3, -0.25) is 10.1 Å². The summed E-state index contributed by atoms with van der Waals surface area (Å²) in [6.45, 7) is 2.01. The van der Waals surface area contributed by atoms with Crippen LogP contribution in [-0.2, 0) is 11.3 Å². The van der Waals surface area contributed by atoms with Gasteiger partial charge in [0.05, 0.1) is 12.3 Å². The van der Waals surface area contributed by atoms with Gasteiger partial charge in [0.15, 0.2) is 22.5 Å². The molecule has 8 heteroatoms. The van der Waals surface area contributed by atoms with Crippen molar-refractivity contribution in [3.05, 3.63) is 70.3 Å². The number of aromatic nitrogens is 1. The molecule has 5 nitrogen and oxygen atoms in total. The van der Waals surface area contributed by atoms with Crippen LogP contribution in [0, 0.1) is 18.6 Å². The lowest BCUT2D eigenvalue weighted by molar-refractivity contribution is 0.0992. The van der Waals surface area contributed by atoms with Gasteiger partial charge < -0.3 is 9.15 Å². The largest absolute Gasteiger partial charge is 0.451 e. The number of anilines is 1. The summed E-state index contributed by atoms with van der Waals surface area (Å²) in [6.07, 6.45) is 0. The molecule has 4 rings (SSSR count). The van der Waals surface area contributed by atoms with Crippen molar-refractivity contribution >= 4 is 33.3 Å². The van der Waals surface area contributed by atoms with Crippen LogP contribution < -0.4 is 5.32 Å². The molecule has 0 atom stereocenters. The summed E-state index contributed by atoms with van der Waals surface area (Å²) in [4.78, 5) is 18.0. The highest BCUT2D eigenvalue weighted by Crippen LogP contribution is 2.32. The van der Waals surface area contributed by atoms with E-state index in [1.165, 1.54) is 17.4 Å². The Bertz CT molecular complexity index is 1220. The van der Waals surface area contributed by atoms with Crippen molar-refractivity contribution in [2.75, 3.05) is 12.4 Å². The number of carbonyl (C=O) groups is 1. The predicted molar refractivity (Wildman–Crippen MR) is 107 cm³/mol. The lowest BCUT2D eigenvalue weighted by atomic mass is 10.1. The summed E-state index contributed by atoms with van der Waals surface area (Å²) >= 11 is 1.24. The zero-order valence-corrected chi connectivity index (χ0v) is 16.4. The molecule has 1 amide bonds. The highest BCUT2D eigenvalue weighted by atomic mass is 32.1. The van der Waals surface area contributed by atoms with E-state index in [4.69, 9.17) is 9.15 Å². The number of hydrogen-bond donors (Lipinski definition) is 1. The molecule has 2 heterocycles. The highest BCUT2D eigenvalue weighted by Gasteiger charge is 2.22. The zero-order valence-electron chi connectivity index (χ0n) is 15.6. The maximum absolute atomic E-state index is 13.6. The number of para-hydroxylation sites is 1. The van der Waals surface area contributed by atoms with Crippen LogP contribution in [0.4, 0.5) is 13.9 Å².